The zero-order valence-corrected chi connectivity index (χ0v) is 14.2. The molecular formula is C23H20N2. The van der Waals surface area contributed by atoms with Crippen LogP contribution in [0, 0.1) is 6.92 Å². The Morgan fingerprint density at radius 3 is 1.84 bits per heavy atom. The summed E-state index contributed by atoms with van der Waals surface area (Å²) in [5.41, 5.74) is 4.99. The fraction of sp³-hybridized carbons (Fsp3) is 0.0870. The number of hydrogen-bond acceptors (Lipinski definition) is 1. The van der Waals surface area contributed by atoms with Gasteiger partial charge in [0.1, 0.15) is 5.82 Å². The van der Waals surface area contributed by atoms with E-state index in [1.807, 2.05) is 19.2 Å². The van der Waals surface area contributed by atoms with Crippen LogP contribution in [-0.2, 0) is 0 Å². The summed E-state index contributed by atoms with van der Waals surface area (Å²) in [5.74, 6) is 1.01. The smallest absolute Gasteiger partial charge is 0.106 e. The van der Waals surface area contributed by atoms with E-state index in [-0.39, 0.29) is 6.04 Å². The van der Waals surface area contributed by atoms with Gasteiger partial charge >= 0.3 is 0 Å². The molecule has 0 N–H and O–H groups in total. The summed E-state index contributed by atoms with van der Waals surface area (Å²) in [6.45, 7) is 2.05. The number of benzene rings is 3. The molecule has 2 nitrogen and oxygen atoms in total. The van der Waals surface area contributed by atoms with E-state index in [1.165, 1.54) is 22.3 Å². The molecule has 0 aliphatic rings. The fourth-order valence-electron chi connectivity index (χ4n) is 3.30. The Morgan fingerprint density at radius 1 is 0.680 bits per heavy atom. The third-order valence-corrected chi connectivity index (χ3v) is 4.59. The van der Waals surface area contributed by atoms with Crippen molar-refractivity contribution < 1.29 is 0 Å². The van der Waals surface area contributed by atoms with Crippen molar-refractivity contribution in [3.63, 3.8) is 0 Å². The zero-order chi connectivity index (χ0) is 17.1. The Bertz CT molecular complexity index is 938. The number of rotatable bonds is 4. The van der Waals surface area contributed by atoms with Crippen molar-refractivity contribution in [2.45, 2.75) is 13.0 Å². The molecule has 3 aromatic carbocycles. The number of aryl methyl sites for hydroxylation is 1. The van der Waals surface area contributed by atoms with Crippen molar-refractivity contribution in [1.29, 1.82) is 0 Å². The van der Waals surface area contributed by atoms with Crippen LogP contribution in [0.4, 0.5) is 0 Å². The van der Waals surface area contributed by atoms with Crippen molar-refractivity contribution >= 4 is 0 Å². The minimum atomic E-state index is 0.133. The molecule has 4 aromatic rings. The number of aromatic nitrogens is 2. The Morgan fingerprint density at radius 2 is 1.24 bits per heavy atom. The van der Waals surface area contributed by atoms with Gasteiger partial charge in [-0.3, -0.25) is 0 Å². The number of nitrogens with zero attached hydrogens (tertiary/aromatic N) is 2. The topological polar surface area (TPSA) is 17.8 Å². The molecule has 1 unspecified atom stereocenters. The van der Waals surface area contributed by atoms with Crippen molar-refractivity contribution in [3.05, 3.63) is 114 Å². The molecule has 122 valence electrons. The second-order valence-corrected chi connectivity index (χ2v) is 6.18. The molecular weight excluding hydrogens is 304 g/mol. The highest BCUT2D eigenvalue weighted by atomic mass is 15.1. The molecule has 0 radical (unpaired) electrons. The van der Waals surface area contributed by atoms with Crippen LogP contribution < -0.4 is 0 Å². The van der Waals surface area contributed by atoms with E-state index >= 15 is 0 Å². The van der Waals surface area contributed by atoms with Crippen molar-refractivity contribution in [2.75, 3.05) is 0 Å². The summed E-state index contributed by atoms with van der Waals surface area (Å²) in [4.78, 5) is 4.42. The van der Waals surface area contributed by atoms with Crippen LogP contribution in [0.1, 0.15) is 23.0 Å². The molecule has 0 aliphatic carbocycles. The molecule has 1 aromatic heterocycles. The maximum atomic E-state index is 4.42. The van der Waals surface area contributed by atoms with E-state index in [4.69, 9.17) is 0 Å². The van der Waals surface area contributed by atoms with E-state index < -0.39 is 0 Å². The van der Waals surface area contributed by atoms with Crippen molar-refractivity contribution in [1.82, 2.24) is 9.55 Å². The Kier molecular flexibility index (Phi) is 4.17. The summed E-state index contributed by atoms with van der Waals surface area (Å²) in [5, 5.41) is 0. The summed E-state index contributed by atoms with van der Waals surface area (Å²) >= 11 is 0. The van der Waals surface area contributed by atoms with Crippen LogP contribution >= 0.6 is 0 Å². The summed E-state index contributed by atoms with van der Waals surface area (Å²) in [6.07, 6.45) is 3.92. The lowest BCUT2D eigenvalue weighted by Gasteiger charge is -2.21. The van der Waals surface area contributed by atoms with Crippen LogP contribution in [0.2, 0.25) is 0 Å². The van der Waals surface area contributed by atoms with Gasteiger partial charge in [-0.1, -0.05) is 84.9 Å². The van der Waals surface area contributed by atoms with E-state index in [0.717, 1.165) is 5.82 Å². The molecule has 0 saturated carbocycles. The van der Waals surface area contributed by atoms with Crippen LogP contribution in [0.25, 0.3) is 11.1 Å². The lowest BCUT2D eigenvalue weighted by molar-refractivity contribution is 0.654. The molecule has 0 aliphatic heterocycles. The molecule has 25 heavy (non-hydrogen) atoms. The zero-order valence-electron chi connectivity index (χ0n) is 14.2. The second kappa shape index (κ2) is 6.78. The van der Waals surface area contributed by atoms with E-state index in [2.05, 4.69) is 94.6 Å². The van der Waals surface area contributed by atoms with Gasteiger partial charge in [0.2, 0.25) is 0 Å². The first-order valence-electron chi connectivity index (χ1n) is 8.53. The van der Waals surface area contributed by atoms with Gasteiger partial charge < -0.3 is 4.57 Å². The molecule has 0 bridgehead atoms. The predicted octanol–water partition coefficient (Wildman–Crippen LogP) is 5.50. The van der Waals surface area contributed by atoms with Crippen LogP contribution in [0.3, 0.4) is 0 Å². The molecule has 1 atom stereocenters. The average molecular weight is 324 g/mol. The van der Waals surface area contributed by atoms with Gasteiger partial charge in [-0.25, -0.2) is 4.98 Å². The maximum Gasteiger partial charge on any atom is 0.106 e. The largest absolute Gasteiger partial charge is 0.324 e. The van der Waals surface area contributed by atoms with Crippen molar-refractivity contribution in [3.8, 4) is 11.1 Å². The quantitative estimate of drug-likeness (QED) is 0.485. The van der Waals surface area contributed by atoms with Crippen LogP contribution in [0.15, 0.2) is 97.3 Å². The average Bonchev–Trinajstić information content (AvgIpc) is 3.10. The second-order valence-electron chi connectivity index (χ2n) is 6.18. The highest BCUT2D eigenvalue weighted by Gasteiger charge is 2.17. The van der Waals surface area contributed by atoms with Crippen LogP contribution in [0.5, 0.6) is 0 Å². The third-order valence-electron chi connectivity index (χ3n) is 4.59. The van der Waals surface area contributed by atoms with Crippen LogP contribution in [-0.4, -0.2) is 9.55 Å². The summed E-state index contributed by atoms with van der Waals surface area (Å²) in [7, 11) is 0. The monoisotopic (exact) mass is 324 g/mol. The molecule has 0 amide bonds. The van der Waals surface area contributed by atoms with E-state index in [0.29, 0.717) is 0 Å². The van der Waals surface area contributed by atoms with E-state index in [1.54, 1.807) is 0 Å². The Balaban J connectivity index is 1.77. The molecule has 0 spiro atoms. The summed E-state index contributed by atoms with van der Waals surface area (Å²) in [6, 6.07) is 30.0. The Labute approximate surface area is 148 Å². The highest BCUT2D eigenvalue weighted by molar-refractivity contribution is 5.63. The first-order valence-corrected chi connectivity index (χ1v) is 8.53. The van der Waals surface area contributed by atoms with Gasteiger partial charge in [0.25, 0.3) is 0 Å². The lowest BCUT2D eigenvalue weighted by atomic mass is 9.96. The fourth-order valence-corrected chi connectivity index (χ4v) is 3.30. The molecule has 2 heteroatoms. The molecule has 0 saturated heterocycles. The highest BCUT2D eigenvalue weighted by Crippen LogP contribution is 2.29. The van der Waals surface area contributed by atoms with Gasteiger partial charge in [0.05, 0.1) is 6.04 Å². The SMILES string of the molecule is Cc1nccn1C(c1ccccc1)c1ccc(-c2ccccc2)cc1. The van der Waals surface area contributed by atoms with Crippen molar-refractivity contribution in [2.24, 2.45) is 0 Å². The third kappa shape index (κ3) is 3.11. The predicted molar refractivity (Wildman–Crippen MR) is 103 cm³/mol. The normalized spacial score (nSPS) is 12.0. The first-order chi connectivity index (χ1) is 12.3. The van der Waals surface area contributed by atoms with Gasteiger partial charge in [-0.15, -0.1) is 0 Å². The van der Waals surface area contributed by atoms with Gasteiger partial charge in [-0.2, -0.15) is 0 Å². The lowest BCUT2D eigenvalue weighted by Crippen LogP contribution is -2.13. The minimum Gasteiger partial charge on any atom is -0.324 e. The van der Waals surface area contributed by atoms with E-state index in [9.17, 15) is 0 Å². The number of hydrogen-bond donors (Lipinski definition) is 0. The minimum absolute atomic E-state index is 0.133. The molecule has 4 rings (SSSR count). The maximum absolute atomic E-state index is 4.42. The first kappa shape index (κ1) is 15.4. The number of imidazole rings is 1. The Hall–Kier alpha value is -3.13. The summed E-state index contributed by atoms with van der Waals surface area (Å²) < 4.78 is 2.23. The standard InChI is InChI=1S/C23H20N2/c1-18-24-16-17-25(18)23(21-10-6-3-7-11-21)22-14-12-20(13-15-22)19-8-4-2-5-9-19/h2-17,23H,1H3. The molecule has 1 heterocycles. The molecule has 0 fully saturated rings. The van der Waals surface area contributed by atoms with Gasteiger partial charge in [0.15, 0.2) is 0 Å². The van der Waals surface area contributed by atoms with Gasteiger partial charge in [-0.05, 0) is 29.2 Å². The van der Waals surface area contributed by atoms with Gasteiger partial charge in [0, 0.05) is 12.4 Å².